The second-order valence-electron chi connectivity index (χ2n) is 7.58. The quantitative estimate of drug-likeness (QED) is 0.819. The molecule has 3 N–H and O–H groups in total. The van der Waals surface area contributed by atoms with E-state index in [-0.39, 0.29) is 5.41 Å². The van der Waals surface area contributed by atoms with E-state index in [0.717, 1.165) is 51.1 Å². The van der Waals surface area contributed by atoms with Crippen LogP contribution in [0.1, 0.15) is 71.6 Å². The molecule has 0 aromatic heterocycles. The van der Waals surface area contributed by atoms with Crippen LogP contribution in [-0.4, -0.2) is 41.8 Å². The smallest absolute Gasteiger partial charge is 0.0728 e. The van der Waals surface area contributed by atoms with Crippen molar-refractivity contribution in [3.63, 3.8) is 0 Å². The fourth-order valence-corrected chi connectivity index (χ4v) is 4.88. The first-order valence-corrected chi connectivity index (χ1v) is 9.24. The molecule has 3 nitrogen and oxygen atoms in total. The van der Waals surface area contributed by atoms with E-state index < -0.39 is 5.60 Å². The van der Waals surface area contributed by atoms with Crippen LogP contribution >= 0.6 is 0 Å². The molecule has 3 heteroatoms. The van der Waals surface area contributed by atoms with E-state index in [1.165, 1.54) is 32.2 Å². The molecule has 2 aliphatic rings. The SMILES string of the molecule is CCCN1CCCC(O)(C2(CN)CCCC(CC)C2)CC1. The maximum Gasteiger partial charge on any atom is 0.0728 e. The van der Waals surface area contributed by atoms with Gasteiger partial charge in [-0.05, 0) is 57.5 Å². The zero-order valence-electron chi connectivity index (χ0n) is 14.2. The summed E-state index contributed by atoms with van der Waals surface area (Å²) in [5.74, 6) is 0.765. The number of nitrogens with two attached hydrogens (primary N) is 1. The first-order chi connectivity index (χ1) is 10.1. The van der Waals surface area contributed by atoms with Gasteiger partial charge in [0.1, 0.15) is 0 Å². The van der Waals surface area contributed by atoms with E-state index in [1.54, 1.807) is 0 Å². The van der Waals surface area contributed by atoms with Crippen molar-refractivity contribution in [3.8, 4) is 0 Å². The van der Waals surface area contributed by atoms with Gasteiger partial charge < -0.3 is 15.7 Å². The zero-order chi connectivity index (χ0) is 15.3. The lowest BCUT2D eigenvalue weighted by Gasteiger charge is -2.51. The Morgan fingerprint density at radius 3 is 2.62 bits per heavy atom. The monoisotopic (exact) mass is 296 g/mol. The summed E-state index contributed by atoms with van der Waals surface area (Å²) in [4.78, 5) is 2.53. The highest BCUT2D eigenvalue weighted by atomic mass is 16.3. The average Bonchev–Trinajstić information content (AvgIpc) is 2.71. The molecule has 2 rings (SSSR count). The summed E-state index contributed by atoms with van der Waals surface area (Å²) in [5.41, 5.74) is 5.69. The molecule has 0 aromatic rings. The van der Waals surface area contributed by atoms with Gasteiger partial charge in [0.15, 0.2) is 0 Å². The van der Waals surface area contributed by atoms with E-state index in [2.05, 4.69) is 18.7 Å². The predicted molar refractivity (Wildman–Crippen MR) is 89.3 cm³/mol. The number of hydrogen-bond acceptors (Lipinski definition) is 3. The van der Waals surface area contributed by atoms with Crippen LogP contribution in [0, 0.1) is 11.3 Å². The van der Waals surface area contributed by atoms with Crippen molar-refractivity contribution in [2.24, 2.45) is 17.1 Å². The highest BCUT2D eigenvalue weighted by Crippen LogP contribution is 2.50. The van der Waals surface area contributed by atoms with Crippen LogP contribution in [0.4, 0.5) is 0 Å². The average molecular weight is 296 g/mol. The topological polar surface area (TPSA) is 49.5 Å². The minimum atomic E-state index is -0.530. The molecule has 21 heavy (non-hydrogen) atoms. The standard InChI is InChI=1S/C18H36N2O/c1-3-11-20-12-6-9-18(21,10-13-20)17(15-19)8-5-7-16(4-2)14-17/h16,21H,3-15,19H2,1-2H3. The normalized spacial score (nSPS) is 39.1. The van der Waals surface area contributed by atoms with Gasteiger partial charge in [-0.2, -0.15) is 0 Å². The second kappa shape index (κ2) is 7.43. The third kappa shape index (κ3) is 3.62. The summed E-state index contributed by atoms with van der Waals surface area (Å²) in [6.07, 6.45) is 10.3. The maximum absolute atomic E-state index is 11.5. The van der Waals surface area contributed by atoms with Crippen molar-refractivity contribution in [1.82, 2.24) is 4.90 Å². The van der Waals surface area contributed by atoms with Gasteiger partial charge in [0.05, 0.1) is 5.60 Å². The third-order valence-corrected chi connectivity index (χ3v) is 6.35. The van der Waals surface area contributed by atoms with Crippen LogP contribution < -0.4 is 5.73 Å². The fourth-order valence-electron chi connectivity index (χ4n) is 4.88. The second-order valence-corrected chi connectivity index (χ2v) is 7.58. The lowest BCUT2D eigenvalue weighted by atomic mass is 9.58. The molecule has 0 amide bonds. The van der Waals surface area contributed by atoms with Gasteiger partial charge in [-0.1, -0.05) is 33.1 Å². The van der Waals surface area contributed by atoms with Crippen LogP contribution in [0.3, 0.4) is 0 Å². The van der Waals surface area contributed by atoms with Gasteiger partial charge in [0, 0.05) is 18.5 Å². The Labute approximate surface area is 131 Å². The molecule has 1 aliphatic carbocycles. The summed E-state index contributed by atoms with van der Waals surface area (Å²) in [6, 6.07) is 0. The minimum Gasteiger partial charge on any atom is -0.389 e. The Morgan fingerprint density at radius 2 is 1.95 bits per heavy atom. The van der Waals surface area contributed by atoms with Crippen LogP contribution in [0.15, 0.2) is 0 Å². The summed E-state index contributed by atoms with van der Waals surface area (Å²) in [7, 11) is 0. The van der Waals surface area contributed by atoms with Crippen molar-refractivity contribution >= 4 is 0 Å². The molecule has 2 fully saturated rings. The van der Waals surface area contributed by atoms with Crippen molar-refractivity contribution in [2.75, 3.05) is 26.2 Å². The molecule has 0 bridgehead atoms. The Balaban J connectivity index is 2.11. The highest BCUT2D eigenvalue weighted by Gasteiger charge is 2.51. The van der Waals surface area contributed by atoms with Gasteiger partial charge in [-0.25, -0.2) is 0 Å². The van der Waals surface area contributed by atoms with E-state index in [4.69, 9.17) is 5.73 Å². The van der Waals surface area contributed by atoms with E-state index >= 15 is 0 Å². The summed E-state index contributed by atoms with van der Waals surface area (Å²) in [5, 5.41) is 11.5. The molecule has 1 saturated heterocycles. The molecule has 0 spiro atoms. The van der Waals surface area contributed by atoms with Crippen LogP contribution in [-0.2, 0) is 0 Å². The molecule has 1 aliphatic heterocycles. The molecule has 3 unspecified atom stereocenters. The van der Waals surface area contributed by atoms with Gasteiger partial charge in [-0.3, -0.25) is 0 Å². The summed E-state index contributed by atoms with van der Waals surface area (Å²) < 4.78 is 0. The summed E-state index contributed by atoms with van der Waals surface area (Å²) >= 11 is 0. The fraction of sp³-hybridized carbons (Fsp3) is 1.00. The first kappa shape index (κ1) is 17.2. The van der Waals surface area contributed by atoms with Crippen molar-refractivity contribution in [1.29, 1.82) is 0 Å². The molecular weight excluding hydrogens is 260 g/mol. The lowest BCUT2D eigenvalue weighted by molar-refractivity contribution is -0.117. The predicted octanol–water partition coefficient (Wildman–Crippen LogP) is 3.16. The van der Waals surface area contributed by atoms with Crippen molar-refractivity contribution in [3.05, 3.63) is 0 Å². The maximum atomic E-state index is 11.5. The third-order valence-electron chi connectivity index (χ3n) is 6.35. The number of rotatable bonds is 5. The number of nitrogens with zero attached hydrogens (tertiary/aromatic N) is 1. The minimum absolute atomic E-state index is 0.0197. The van der Waals surface area contributed by atoms with E-state index in [0.29, 0.717) is 6.54 Å². The van der Waals surface area contributed by atoms with E-state index in [1.807, 2.05) is 0 Å². The van der Waals surface area contributed by atoms with Crippen LogP contribution in [0.25, 0.3) is 0 Å². The lowest BCUT2D eigenvalue weighted by Crippen LogP contribution is -2.55. The molecule has 0 radical (unpaired) electrons. The molecule has 0 aromatic carbocycles. The van der Waals surface area contributed by atoms with Gasteiger partial charge in [-0.15, -0.1) is 0 Å². The first-order valence-electron chi connectivity index (χ1n) is 9.24. The van der Waals surface area contributed by atoms with E-state index in [9.17, 15) is 5.11 Å². The van der Waals surface area contributed by atoms with Gasteiger partial charge >= 0.3 is 0 Å². The molecule has 1 saturated carbocycles. The van der Waals surface area contributed by atoms with Crippen molar-refractivity contribution < 1.29 is 5.11 Å². The Hall–Kier alpha value is -0.120. The Bertz CT molecular complexity index is 322. The highest BCUT2D eigenvalue weighted by molar-refractivity contribution is 5.03. The molecule has 1 heterocycles. The molecule has 124 valence electrons. The largest absolute Gasteiger partial charge is 0.389 e. The van der Waals surface area contributed by atoms with Crippen molar-refractivity contribution in [2.45, 2.75) is 77.2 Å². The van der Waals surface area contributed by atoms with Crippen LogP contribution in [0.2, 0.25) is 0 Å². The molecule has 3 atom stereocenters. The number of hydrogen-bond donors (Lipinski definition) is 2. The van der Waals surface area contributed by atoms with Gasteiger partial charge in [0.25, 0.3) is 0 Å². The summed E-state index contributed by atoms with van der Waals surface area (Å²) in [6.45, 7) is 8.55. The van der Waals surface area contributed by atoms with Gasteiger partial charge in [0.2, 0.25) is 0 Å². The Kier molecular flexibility index (Phi) is 6.10. The van der Waals surface area contributed by atoms with Crippen LogP contribution in [0.5, 0.6) is 0 Å². The number of likely N-dealkylation sites (tertiary alicyclic amines) is 1. The molecular formula is C18H36N2O. The number of aliphatic hydroxyl groups is 1. The zero-order valence-corrected chi connectivity index (χ0v) is 14.2. The Morgan fingerprint density at radius 1 is 1.14 bits per heavy atom.